The van der Waals surface area contributed by atoms with Crippen LogP contribution in [0.1, 0.15) is 155 Å². The van der Waals surface area contributed by atoms with Crippen molar-refractivity contribution in [1.82, 2.24) is 0 Å². The summed E-state index contributed by atoms with van der Waals surface area (Å²) in [6, 6.07) is 31.6. The fourth-order valence-electron chi connectivity index (χ4n) is 7.17. The second kappa shape index (κ2) is 22.2. The van der Waals surface area contributed by atoms with Gasteiger partial charge in [-0.25, -0.2) is 0 Å². The molecule has 0 aliphatic rings. The SMILES string of the molecule is CCCCc1cc(N)ccc1Cc1ccc(CCCCCCCCCCCCCc2ccc(Cc3ccc(N)cc3CCCC)cc2)cc1. The maximum atomic E-state index is 6.07. The van der Waals surface area contributed by atoms with Crippen LogP contribution in [0.2, 0.25) is 0 Å². The van der Waals surface area contributed by atoms with Crippen LogP contribution >= 0.6 is 0 Å². The highest BCUT2D eigenvalue weighted by molar-refractivity contribution is 5.47. The maximum absolute atomic E-state index is 6.07. The van der Waals surface area contributed by atoms with E-state index in [1.165, 1.54) is 154 Å². The summed E-state index contributed by atoms with van der Waals surface area (Å²) in [5.41, 5.74) is 25.4. The molecule has 4 aromatic carbocycles. The highest BCUT2D eigenvalue weighted by Gasteiger charge is 2.07. The molecule has 4 N–H and O–H groups in total. The van der Waals surface area contributed by atoms with E-state index in [4.69, 9.17) is 11.5 Å². The van der Waals surface area contributed by atoms with Gasteiger partial charge in [0.05, 0.1) is 0 Å². The van der Waals surface area contributed by atoms with Gasteiger partial charge in [0.1, 0.15) is 0 Å². The van der Waals surface area contributed by atoms with E-state index >= 15 is 0 Å². The van der Waals surface area contributed by atoms with E-state index in [0.717, 1.165) is 37.1 Å². The monoisotopic (exact) mass is 659 g/mol. The average molecular weight is 659 g/mol. The molecule has 0 saturated carbocycles. The van der Waals surface area contributed by atoms with Gasteiger partial charge in [0.2, 0.25) is 0 Å². The minimum absolute atomic E-state index is 0.882. The quantitative estimate of drug-likeness (QED) is 0.0581. The smallest absolute Gasteiger partial charge is 0.0316 e. The van der Waals surface area contributed by atoms with Crippen molar-refractivity contribution < 1.29 is 0 Å². The van der Waals surface area contributed by atoms with Crippen molar-refractivity contribution in [2.45, 2.75) is 149 Å². The van der Waals surface area contributed by atoms with E-state index in [1.807, 2.05) is 0 Å². The van der Waals surface area contributed by atoms with Gasteiger partial charge < -0.3 is 11.5 Å². The maximum Gasteiger partial charge on any atom is 0.0316 e. The number of aryl methyl sites for hydroxylation is 4. The Morgan fingerprint density at radius 3 is 1.00 bits per heavy atom. The molecular weight excluding hydrogens is 593 g/mol. The molecule has 2 heteroatoms. The van der Waals surface area contributed by atoms with E-state index in [2.05, 4.69) is 98.8 Å². The van der Waals surface area contributed by atoms with Crippen LogP contribution in [0, 0.1) is 0 Å². The Balaban J connectivity index is 0.989. The Labute approximate surface area is 300 Å². The van der Waals surface area contributed by atoms with E-state index < -0.39 is 0 Å². The van der Waals surface area contributed by atoms with Gasteiger partial charge in [0.25, 0.3) is 0 Å². The molecule has 264 valence electrons. The summed E-state index contributed by atoms with van der Waals surface area (Å²) in [5.74, 6) is 0. The molecule has 0 aromatic heterocycles. The Morgan fingerprint density at radius 1 is 0.327 bits per heavy atom. The number of benzene rings is 4. The molecule has 4 aromatic rings. The second-order valence-corrected chi connectivity index (χ2v) is 14.6. The standard InChI is InChI=1S/C47H66N2/c1-3-5-20-42-36-46(48)32-30-44(42)34-40-26-22-38(23-27-40)18-16-14-12-10-8-7-9-11-13-15-17-19-39-24-28-41(29-25-39)35-45-31-33-47(49)37-43(45)21-6-4-2/h22-33,36-37H,3-21,34-35,48-49H2,1-2H3. The number of unbranched alkanes of at least 4 members (excludes halogenated alkanes) is 12. The third-order valence-electron chi connectivity index (χ3n) is 10.3. The van der Waals surface area contributed by atoms with Gasteiger partial charge in [0.15, 0.2) is 0 Å². The number of nitrogens with two attached hydrogens (primary N) is 2. The van der Waals surface area contributed by atoms with Gasteiger partial charge in [-0.3, -0.25) is 0 Å². The predicted octanol–water partition coefficient (Wildman–Crippen LogP) is 12.8. The summed E-state index contributed by atoms with van der Waals surface area (Å²) >= 11 is 0. The molecule has 4 rings (SSSR count). The Bertz CT molecular complexity index is 1350. The summed E-state index contributed by atoms with van der Waals surface area (Å²) in [5, 5.41) is 0. The van der Waals surface area contributed by atoms with Crippen LogP contribution in [0.4, 0.5) is 11.4 Å². The van der Waals surface area contributed by atoms with Crippen molar-refractivity contribution in [2.24, 2.45) is 0 Å². The van der Waals surface area contributed by atoms with Crippen molar-refractivity contribution >= 4 is 11.4 Å². The van der Waals surface area contributed by atoms with Crippen LogP contribution in [0.15, 0.2) is 84.9 Å². The fourth-order valence-corrected chi connectivity index (χ4v) is 7.17. The van der Waals surface area contributed by atoms with Gasteiger partial charge in [0, 0.05) is 11.4 Å². The number of anilines is 2. The summed E-state index contributed by atoms with van der Waals surface area (Å²) in [4.78, 5) is 0. The average Bonchev–Trinajstić information content (AvgIpc) is 3.11. The van der Waals surface area contributed by atoms with E-state index in [-0.39, 0.29) is 0 Å². The lowest BCUT2D eigenvalue weighted by Gasteiger charge is -2.11. The normalized spacial score (nSPS) is 11.3. The molecule has 0 bridgehead atoms. The van der Waals surface area contributed by atoms with Crippen LogP contribution in [0.25, 0.3) is 0 Å². The second-order valence-electron chi connectivity index (χ2n) is 14.6. The molecule has 0 fully saturated rings. The highest BCUT2D eigenvalue weighted by Crippen LogP contribution is 2.22. The molecule has 0 atom stereocenters. The van der Waals surface area contributed by atoms with Gasteiger partial charge in [-0.1, -0.05) is 145 Å². The van der Waals surface area contributed by atoms with E-state index in [1.54, 1.807) is 0 Å². The first-order valence-corrected chi connectivity index (χ1v) is 19.9. The molecule has 0 aliphatic carbocycles. The van der Waals surface area contributed by atoms with E-state index in [9.17, 15) is 0 Å². The largest absolute Gasteiger partial charge is 0.399 e. The zero-order valence-electron chi connectivity index (χ0n) is 31.1. The van der Waals surface area contributed by atoms with Gasteiger partial charge >= 0.3 is 0 Å². The first-order chi connectivity index (χ1) is 24.0. The number of nitrogen functional groups attached to an aromatic ring is 2. The zero-order chi connectivity index (χ0) is 34.5. The minimum atomic E-state index is 0.882. The summed E-state index contributed by atoms with van der Waals surface area (Å²) in [6.07, 6.45) is 26.7. The summed E-state index contributed by atoms with van der Waals surface area (Å²) in [6.45, 7) is 4.51. The molecule has 0 unspecified atom stereocenters. The Morgan fingerprint density at radius 2 is 0.653 bits per heavy atom. The number of hydrogen-bond acceptors (Lipinski definition) is 2. The topological polar surface area (TPSA) is 52.0 Å². The van der Waals surface area contributed by atoms with Crippen molar-refractivity contribution in [1.29, 1.82) is 0 Å². The number of rotatable bonds is 24. The van der Waals surface area contributed by atoms with Crippen LogP contribution in [-0.2, 0) is 38.5 Å². The van der Waals surface area contributed by atoms with Crippen molar-refractivity contribution in [3.8, 4) is 0 Å². The minimum Gasteiger partial charge on any atom is -0.399 e. The molecule has 0 amide bonds. The van der Waals surface area contributed by atoms with Gasteiger partial charge in [-0.2, -0.15) is 0 Å². The molecule has 0 radical (unpaired) electrons. The van der Waals surface area contributed by atoms with Crippen LogP contribution in [0.5, 0.6) is 0 Å². The van der Waals surface area contributed by atoms with E-state index in [0.29, 0.717) is 0 Å². The lowest BCUT2D eigenvalue weighted by atomic mass is 9.95. The summed E-state index contributed by atoms with van der Waals surface area (Å²) in [7, 11) is 0. The molecule has 0 aliphatic heterocycles. The lowest BCUT2D eigenvalue weighted by Crippen LogP contribution is -1.98. The van der Waals surface area contributed by atoms with Gasteiger partial charge in [-0.15, -0.1) is 0 Å². The van der Waals surface area contributed by atoms with Crippen LogP contribution in [0.3, 0.4) is 0 Å². The van der Waals surface area contributed by atoms with Crippen LogP contribution in [-0.4, -0.2) is 0 Å². The first-order valence-electron chi connectivity index (χ1n) is 19.9. The molecule has 0 heterocycles. The third kappa shape index (κ3) is 14.5. The molecule has 2 nitrogen and oxygen atoms in total. The van der Waals surface area contributed by atoms with Crippen LogP contribution < -0.4 is 11.5 Å². The lowest BCUT2D eigenvalue weighted by molar-refractivity contribution is 0.545. The third-order valence-corrected chi connectivity index (χ3v) is 10.3. The van der Waals surface area contributed by atoms with Crippen molar-refractivity contribution in [3.63, 3.8) is 0 Å². The van der Waals surface area contributed by atoms with Crippen molar-refractivity contribution in [2.75, 3.05) is 11.5 Å². The van der Waals surface area contributed by atoms with Gasteiger partial charge in [-0.05, 0) is 133 Å². The fraction of sp³-hybridized carbons (Fsp3) is 0.489. The molecule has 0 spiro atoms. The first kappa shape index (κ1) is 38.3. The molecular formula is C47H66N2. The Hall–Kier alpha value is -3.52. The highest BCUT2D eigenvalue weighted by atomic mass is 14.5. The molecule has 0 saturated heterocycles. The Kier molecular flexibility index (Phi) is 17.4. The number of hydrogen-bond donors (Lipinski definition) is 2. The van der Waals surface area contributed by atoms with Crippen molar-refractivity contribution in [3.05, 3.63) is 129 Å². The zero-order valence-corrected chi connectivity index (χ0v) is 31.1. The predicted molar refractivity (Wildman–Crippen MR) is 216 cm³/mol. The molecule has 49 heavy (non-hydrogen) atoms. The summed E-state index contributed by atoms with van der Waals surface area (Å²) < 4.78 is 0.